The van der Waals surface area contributed by atoms with Gasteiger partial charge in [-0.05, 0) is 49.2 Å². The van der Waals surface area contributed by atoms with E-state index in [1.165, 1.54) is 0 Å². The summed E-state index contributed by atoms with van der Waals surface area (Å²) in [4.78, 5) is 15.7. The summed E-state index contributed by atoms with van der Waals surface area (Å²) in [6, 6.07) is 24.6. The lowest BCUT2D eigenvalue weighted by molar-refractivity contribution is 0.0506. The highest BCUT2D eigenvalue weighted by atomic mass is 16.5. The molecule has 8 nitrogen and oxygen atoms in total. The highest BCUT2D eigenvalue weighted by Crippen LogP contribution is 2.35. The van der Waals surface area contributed by atoms with Crippen LogP contribution in [0.1, 0.15) is 28.8 Å². The average Bonchev–Trinajstić information content (AvgIpc) is 3.61. The van der Waals surface area contributed by atoms with Crippen molar-refractivity contribution in [3.05, 3.63) is 90.0 Å². The molecule has 0 radical (unpaired) electrons. The van der Waals surface area contributed by atoms with Crippen LogP contribution >= 0.6 is 0 Å². The van der Waals surface area contributed by atoms with Gasteiger partial charge in [-0.1, -0.05) is 36.4 Å². The fourth-order valence-electron chi connectivity index (χ4n) is 4.79. The molecule has 0 saturated carbocycles. The van der Waals surface area contributed by atoms with E-state index in [1.54, 1.807) is 43.2 Å². The lowest BCUT2D eigenvalue weighted by Crippen LogP contribution is -2.37. The van der Waals surface area contributed by atoms with Crippen LogP contribution in [0.2, 0.25) is 0 Å². The predicted octanol–water partition coefficient (Wildman–Crippen LogP) is 5.72. The van der Waals surface area contributed by atoms with Gasteiger partial charge in [0.2, 0.25) is 5.88 Å². The van der Waals surface area contributed by atoms with Crippen LogP contribution in [-0.4, -0.2) is 54.1 Å². The maximum Gasteiger partial charge on any atom is 0.254 e. The molecule has 1 atom stereocenters. The van der Waals surface area contributed by atoms with E-state index in [-0.39, 0.29) is 12.0 Å². The Morgan fingerprint density at radius 2 is 1.72 bits per heavy atom. The number of hydrogen-bond donors (Lipinski definition) is 0. The highest BCUT2D eigenvalue weighted by Gasteiger charge is 2.28. The van der Waals surface area contributed by atoms with Gasteiger partial charge in [-0.2, -0.15) is 5.10 Å². The number of nitrogens with zero attached hydrogens (tertiary/aromatic N) is 3. The van der Waals surface area contributed by atoms with Gasteiger partial charge in [-0.3, -0.25) is 4.79 Å². The standard InChI is InChI=1S/C31H33N3O5/c1-33-31(39-26-12-7-11-25(19-26)37-3)28(29(32-33)22-9-5-4-6-10-22)21-34(20-27-13-8-18-38-27)30(35)23-14-16-24(36-2)17-15-23/h4-7,9-12,14-17,19,27H,8,13,18,20-21H2,1-3H3. The van der Waals surface area contributed by atoms with Crippen LogP contribution in [-0.2, 0) is 18.3 Å². The SMILES string of the molecule is COc1ccc(C(=O)N(Cc2c(-c3ccccc3)nn(C)c2Oc2cccc(OC)c2)CC2CCCO2)cc1. The highest BCUT2D eigenvalue weighted by molar-refractivity contribution is 5.94. The Balaban J connectivity index is 1.55. The van der Waals surface area contributed by atoms with Gasteiger partial charge in [0.1, 0.15) is 22.9 Å². The molecule has 1 fully saturated rings. The second-order valence-corrected chi connectivity index (χ2v) is 9.45. The first-order chi connectivity index (χ1) is 19.1. The van der Waals surface area contributed by atoms with E-state index < -0.39 is 0 Å². The zero-order valence-electron chi connectivity index (χ0n) is 22.5. The van der Waals surface area contributed by atoms with E-state index in [0.29, 0.717) is 48.4 Å². The molecule has 5 rings (SSSR count). The number of rotatable bonds is 10. The minimum Gasteiger partial charge on any atom is -0.497 e. The van der Waals surface area contributed by atoms with Crippen LogP contribution in [0.15, 0.2) is 78.9 Å². The molecule has 4 aromatic rings. The topological polar surface area (TPSA) is 75.1 Å². The summed E-state index contributed by atoms with van der Waals surface area (Å²) >= 11 is 0. The van der Waals surface area contributed by atoms with Crippen LogP contribution in [0.3, 0.4) is 0 Å². The maximum absolute atomic E-state index is 13.9. The number of carbonyl (C=O) groups excluding carboxylic acids is 1. The fourth-order valence-corrected chi connectivity index (χ4v) is 4.79. The van der Waals surface area contributed by atoms with Crippen LogP contribution < -0.4 is 14.2 Å². The molecule has 1 unspecified atom stereocenters. The monoisotopic (exact) mass is 527 g/mol. The van der Waals surface area contributed by atoms with Crippen LogP contribution in [0.5, 0.6) is 23.1 Å². The van der Waals surface area contributed by atoms with Gasteiger partial charge in [0.05, 0.1) is 32.4 Å². The van der Waals surface area contributed by atoms with Crippen LogP contribution in [0, 0.1) is 0 Å². The Hall–Kier alpha value is -4.30. The first kappa shape index (κ1) is 26.3. The number of methoxy groups -OCH3 is 2. The summed E-state index contributed by atoms with van der Waals surface area (Å²) in [5.74, 6) is 2.47. The molecule has 2 heterocycles. The number of aromatic nitrogens is 2. The number of ether oxygens (including phenoxy) is 4. The van der Waals surface area contributed by atoms with Gasteiger partial charge in [0.25, 0.3) is 5.91 Å². The maximum atomic E-state index is 13.9. The summed E-state index contributed by atoms with van der Waals surface area (Å²) in [5, 5.41) is 4.83. The second-order valence-electron chi connectivity index (χ2n) is 9.45. The predicted molar refractivity (Wildman–Crippen MR) is 148 cm³/mol. The van der Waals surface area contributed by atoms with Gasteiger partial charge >= 0.3 is 0 Å². The quantitative estimate of drug-likeness (QED) is 0.263. The largest absolute Gasteiger partial charge is 0.497 e. The molecule has 39 heavy (non-hydrogen) atoms. The van der Waals surface area contributed by atoms with Crippen molar-refractivity contribution in [2.45, 2.75) is 25.5 Å². The van der Waals surface area contributed by atoms with Gasteiger partial charge < -0.3 is 23.8 Å². The third kappa shape index (κ3) is 6.07. The molecule has 1 amide bonds. The summed E-state index contributed by atoms with van der Waals surface area (Å²) in [6.45, 7) is 1.47. The molecule has 1 aliphatic rings. The average molecular weight is 528 g/mol. The Bertz CT molecular complexity index is 1400. The molecule has 1 aliphatic heterocycles. The molecule has 1 saturated heterocycles. The number of amides is 1. The van der Waals surface area contributed by atoms with Crippen molar-refractivity contribution in [2.24, 2.45) is 7.05 Å². The molecular formula is C31H33N3O5. The molecule has 0 spiro atoms. The third-order valence-electron chi connectivity index (χ3n) is 6.81. The van der Waals surface area contributed by atoms with Crippen molar-refractivity contribution in [3.8, 4) is 34.4 Å². The first-order valence-electron chi connectivity index (χ1n) is 13.0. The lowest BCUT2D eigenvalue weighted by atomic mass is 10.1. The molecule has 0 N–H and O–H groups in total. The number of hydrogen-bond acceptors (Lipinski definition) is 6. The van der Waals surface area contributed by atoms with Gasteiger partial charge in [-0.25, -0.2) is 4.68 Å². The van der Waals surface area contributed by atoms with E-state index in [2.05, 4.69) is 0 Å². The lowest BCUT2D eigenvalue weighted by Gasteiger charge is -2.26. The van der Waals surface area contributed by atoms with Crippen molar-refractivity contribution >= 4 is 5.91 Å². The summed E-state index contributed by atoms with van der Waals surface area (Å²) in [7, 11) is 5.08. The van der Waals surface area contributed by atoms with E-state index in [9.17, 15) is 4.79 Å². The normalized spacial score (nSPS) is 14.7. The van der Waals surface area contributed by atoms with Crippen molar-refractivity contribution in [1.82, 2.24) is 14.7 Å². The minimum absolute atomic E-state index is 0.0215. The molecular weight excluding hydrogens is 494 g/mol. The number of benzene rings is 3. The van der Waals surface area contributed by atoms with Crippen molar-refractivity contribution in [1.29, 1.82) is 0 Å². The second kappa shape index (κ2) is 12.0. The Kier molecular flexibility index (Phi) is 8.13. The van der Waals surface area contributed by atoms with Gasteiger partial charge in [0, 0.05) is 37.4 Å². The van der Waals surface area contributed by atoms with Gasteiger partial charge in [-0.15, -0.1) is 0 Å². The zero-order valence-corrected chi connectivity index (χ0v) is 22.5. The summed E-state index contributed by atoms with van der Waals surface area (Å²) < 4.78 is 24.7. The zero-order chi connectivity index (χ0) is 27.2. The fraction of sp³-hybridized carbons (Fsp3) is 0.290. The third-order valence-corrected chi connectivity index (χ3v) is 6.81. The first-order valence-corrected chi connectivity index (χ1v) is 13.0. The van der Waals surface area contributed by atoms with Gasteiger partial charge in [0.15, 0.2) is 0 Å². The molecule has 3 aromatic carbocycles. The van der Waals surface area contributed by atoms with Crippen LogP contribution in [0.4, 0.5) is 0 Å². The van der Waals surface area contributed by atoms with E-state index in [4.69, 9.17) is 24.0 Å². The molecule has 8 heteroatoms. The molecule has 1 aromatic heterocycles. The summed E-state index contributed by atoms with van der Waals surface area (Å²) in [5.41, 5.74) is 3.09. The van der Waals surface area contributed by atoms with Crippen molar-refractivity contribution < 1.29 is 23.7 Å². The van der Waals surface area contributed by atoms with E-state index >= 15 is 0 Å². The van der Waals surface area contributed by atoms with Crippen LogP contribution in [0.25, 0.3) is 11.3 Å². The molecule has 0 bridgehead atoms. The molecule has 0 aliphatic carbocycles. The van der Waals surface area contributed by atoms with E-state index in [1.807, 2.05) is 66.5 Å². The molecule has 202 valence electrons. The number of carbonyl (C=O) groups is 1. The summed E-state index contributed by atoms with van der Waals surface area (Å²) in [6.07, 6.45) is 1.88. The smallest absolute Gasteiger partial charge is 0.254 e. The van der Waals surface area contributed by atoms with E-state index in [0.717, 1.165) is 29.7 Å². The number of aryl methyl sites for hydroxylation is 1. The minimum atomic E-state index is -0.0941. The Morgan fingerprint density at radius 1 is 0.974 bits per heavy atom. The van der Waals surface area contributed by atoms with Crippen molar-refractivity contribution in [3.63, 3.8) is 0 Å². The Labute approximate surface area is 228 Å². The Morgan fingerprint density at radius 3 is 2.41 bits per heavy atom. The van der Waals surface area contributed by atoms with Crippen molar-refractivity contribution in [2.75, 3.05) is 27.4 Å².